The average molecular weight is 495 g/mol. The molecular formula is C25H22N2O7S. The Kier molecular flexibility index (Phi) is 6.57. The third-order valence-electron chi connectivity index (χ3n) is 5.54. The Morgan fingerprint density at radius 3 is 1.91 bits per heavy atom. The molecule has 0 N–H and O–H groups in total. The quantitative estimate of drug-likeness (QED) is 0.281. The Morgan fingerprint density at radius 1 is 0.829 bits per heavy atom. The Morgan fingerprint density at radius 2 is 1.37 bits per heavy atom. The van der Waals surface area contributed by atoms with Gasteiger partial charge in [0.1, 0.15) is 11.5 Å². The van der Waals surface area contributed by atoms with E-state index in [9.17, 15) is 22.8 Å². The molecule has 0 radical (unpaired) electrons. The molecule has 1 aliphatic rings. The highest BCUT2D eigenvalue weighted by atomic mass is 32.2. The lowest BCUT2D eigenvalue weighted by Gasteiger charge is -2.20. The maximum absolute atomic E-state index is 12.9. The summed E-state index contributed by atoms with van der Waals surface area (Å²) < 4.78 is 37.4. The minimum Gasteiger partial charge on any atom is -0.497 e. The first-order valence-electron chi connectivity index (χ1n) is 10.6. The van der Waals surface area contributed by atoms with Gasteiger partial charge in [-0.1, -0.05) is 0 Å². The van der Waals surface area contributed by atoms with Crippen LogP contribution < -0.4 is 18.7 Å². The number of esters is 1. The van der Waals surface area contributed by atoms with Gasteiger partial charge in [0.15, 0.2) is 0 Å². The molecule has 0 atom stereocenters. The SMILES string of the molecule is COc1ccc(S(=O)(=O)N(C)c2ccc(OC(=O)c3ccc(N4C(=O)CCC4=O)cc3)cc2)cc1. The van der Waals surface area contributed by atoms with E-state index in [1.807, 2.05) is 0 Å². The molecule has 0 aromatic heterocycles. The predicted molar refractivity (Wildman–Crippen MR) is 128 cm³/mol. The van der Waals surface area contributed by atoms with Gasteiger partial charge in [-0.3, -0.25) is 18.8 Å². The van der Waals surface area contributed by atoms with Crippen molar-refractivity contribution in [3.63, 3.8) is 0 Å². The number of amides is 2. The van der Waals surface area contributed by atoms with Crippen LogP contribution in [0.25, 0.3) is 0 Å². The zero-order valence-electron chi connectivity index (χ0n) is 19.0. The van der Waals surface area contributed by atoms with Crippen LogP contribution in [0.1, 0.15) is 23.2 Å². The number of hydrogen-bond donors (Lipinski definition) is 0. The predicted octanol–water partition coefficient (Wildman–Crippen LogP) is 3.39. The van der Waals surface area contributed by atoms with Gasteiger partial charge in [-0.15, -0.1) is 0 Å². The molecule has 1 fully saturated rings. The van der Waals surface area contributed by atoms with Gasteiger partial charge in [0, 0.05) is 19.9 Å². The molecule has 180 valence electrons. The van der Waals surface area contributed by atoms with Crippen molar-refractivity contribution >= 4 is 39.2 Å². The second-order valence-corrected chi connectivity index (χ2v) is 9.67. The monoisotopic (exact) mass is 494 g/mol. The van der Waals surface area contributed by atoms with E-state index in [2.05, 4.69) is 0 Å². The Hall–Kier alpha value is -4.18. The molecule has 0 spiro atoms. The zero-order valence-corrected chi connectivity index (χ0v) is 19.8. The highest BCUT2D eigenvalue weighted by Crippen LogP contribution is 2.27. The molecule has 0 bridgehead atoms. The first-order valence-corrected chi connectivity index (χ1v) is 12.1. The molecule has 0 aliphatic carbocycles. The number of benzene rings is 3. The van der Waals surface area contributed by atoms with Crippen LogP contribution in [-0.2, 0) is 19.6 Å². The lowest BCUT2D eigenvalue weighted by atomic mass is 10.2. The summed E-state index contributed by atoms with van der Waals surface area (Å²) in [7, 11) is -0.870. The van der Waals surface area contributed by atoms with Gasteiger partial charge >= 0.3 is 5.97 Å². The van der Waals surface area contributed by atoms with E-state index < -0.39 is 16.0 Å². The van der Waals surface area contributed by atoms with Gasteiger partial charge in [0.2, 0.25) is 11.8 Å². The molecule has 3 aromatic rings. The van der Waals surface area contributed by atoms with Gasteiger partial charge in [0.05, 0.1) is 28.9 Å². The molecule has 10 heteroatoms. The molecule has 0 saturated carbocycles. The fraction of sp³-hybridized carbons (Fsp3) is 0.160. The van der Waals surface area contributed by atoms with Crippen molar-refractivity contribution in [2.75, 3.05) is 23.4 Å². The molecule has 1 aliphatic heterocycles. The van der Waals surface area contributed by atoms with Crippen LogP contribution in [0.2, 0.25) is 0 Å². The summed E-state index contributed by atoms with van der Waals surface area (Å²) in [6.45, 7) is 0. The lowest BCUT2D eigenvalue weighted by Crippen LogP contribution is -2.28. The number of sulfonamides is 1. The van der Waals surface area contributed by atoms with Crippen LogP contribution >= 0.6 is 0 Å². The summed E-state index contributed by atoms with van der Waals surface area (Å²) in [6.07, 6.45) is 0.352. The van der Waals surface area contributed by atoms with Gasteiger partial charge in [0.25, 0.3) is 10.0 Å². The zero-order chi connectivity index (χ0) is 25.2. The van der Waals surface area contributed by atoms with Crippen LogP contribution in [0.4, 0.5) is 11.4 Å². The number of rotatable bonds is 7. The summed E-state index contributed by atoms with van der Waals surface area (Å²) in [5, 5.41) is 0. The molecule has 1 saturated heterocycles. The smallest absolute Gasteiger partial charge is 0.343 e. The average Bonchev–Trinajstić information content (AvgIpc) is 3.21. The third-order valence-corrected chi connectivity index (χ3v) is 7.34. The van der Waals surface area contributed by atoms with Crippen molar-refractivity contribution in [1.82, 2.24) is 0 Å². The van der Waals surface area contributed by atoms with Crippen LogP contribution in [0.3, 0.4) is 0 Å². The number of imide groups is 1. The Bertz CT molecular complexity index is 1350. The minimum atomic E-state index is -3.80. The molecule has 0 unspecified atom stereocenters. The van der Waals surface area contributed by atoms with Crippen molar-refractivity contribution in [3.8, 4) is 11.5 Å². The number of carbonyl (C=O) groups is 3. The van der Waals surface area contributed by atoms with Crippen molar-refractivity contribution in [3.05, 3.63) is 78.4 Å². The fourth-order valence-electron chi connectivity index (χ4n) is 3.55. The Labute approximate surface area is 202 Å². The highest BCUT2D eigenvalue weighted by Gasteiger charge is 2.30. The fourth-order valence-corrected chi connectivity index (χ4v) is 4.74. The summed E-state index contributed by atoms with van der Waals surface area (Å²) in [4.78, 5) is 37.4. The second-order valence-electron chi connectivity index (χ2n) is 7.70. The summed E-state index contributed by atoms with van der Waals surface area (Å²) in [6, 6.07) is 18.1. The maximum atomic E-state index is 12.9. The van der Waals surface area contributed by atoms with E-state index >= 15 is 0 Å². The third kappa shape index (κ3) is 4.87. The molecule has 1 heterocycles. The largest absolute Gasteiger partial charge is 0.497 e. The molecule has 3 aromatic carbocycles. The number of carbonyl (C=O) groups excluding carboxylic acids is 3. The van der Waals surface area contributed by atoms with Crippen LogP contribution in [0.15, 0.2) is 77.7 Å². The van der Waals surface area contributed by atoms with Crippen molar-refractivity contribution in [1.29, 1.82) is 0 Å². The number of methoxy groups -OCH3 is 1. The molecular weight excluding hydrogens is 472 g/mol. The lowest BCUT2D eigenvalue weighted by molar-refractivity contribution is -0.121. The van der Waals surface area contributed by atoms with Crippen molar-refractivity contribution < 1.29 is 32.3 Å². The standard InChI is InChI=1S/C25H22N2O7S/c1-26(35(31,32)22-13-11-20(33-2)12-14-22)18-7-9-21(10-8-18)34-25(30)17-3-5-19(6-4-17)27-23(28)15-16-24(27)29/h3-14H,15-16H2,1-2H3. The van der Waals surface area contributed by atoms with E-state index in [1.54, 1.807) is 12.1 Å². The van der Waals surface area contributed by atoms with E-state index in [4.69, 9.17) is 9.47 Å². The number of hydrogen-bond acceptors (Lipinski definition) is 7. The Balaban J connectivity index is 1.43. The normalized spacial score (nSPS) is 13.6. The minimum absolute atomic E-state index is 0.108. The van der Waals surface area contributed by atoms with Gasteiger partial charge in [-0.2, -0.15) is 0 Å². The number of ether oxygens (including phenoxy) is 2. The summed E-state index contributed by atoms with van der Waals surface area (Å²) in [5.74, 6) is -0.412. The highest BCUT2D eigenvalue weighted by molar-refractivity contribution is 7.92. The van der Waals surface area contributed by atoms with Gasteiger partial charge in [-0.25, -0.2) is 13.2 Å². The molecule has 9 nitrogen and oxygen atoms in total. The van der Waals surface area contributed by atoms with E-state index in [-0.39, 0.29) is 40.9 Å². The first kappa shape index (κ1) is 24.0. The van der Waals surface area contributed by atoms with Crippen molar-refractivity contribution in [2.45, 2.75) is 17.7 Å². The summed E-state index contributed by atoms with van der Waals surface area (Å²) >= 11 is 0. The number of anilines is 2. The molecule has 4 rings (SSSR count). The van der Waals surface area contributed by atoms with Crippen molar-refractivity contribution in [2.24, 2.45) is 0 Å². The van der Waals surface area contributed by atoms with Gasteiger partial charge < -0.3 is 9.47 Å². The molecule has 35 heavy (non-hydrogen) atoms. The van der Waals surface area contributed by atoms with Gasteiger partial charge in [-0.05, 0) is 72.8 Å². The second kappa shape index (κ2) is 9.59. The number of nitrogens with zero attached hydrogens (tertiary/aromatic N) is 2. The summed E-state index contributed by atoms with van der Waals surface area (Å²) in [5.41, 5.74) is 1.01. The van der Waals surface area contributed by atoms with Crippen LogP contribution in [-0.4, -0.2) is 40.4 Å². The topological polar surface area (TPSA) is 110 Å². The van der Waals surface area contributed by atoms with E-state index in [1.165, 1.54) is 74.8 Å². The van der Waals surface area contributed by atoms with E-state index in [0.29, 0.717) is 17.1 Å². The maximum Gasteiger partial charge on any atom is 0.343 e. The van der Waals surface area contributed by atoms with Crippen LogP contribution in [0.5, 0.6) is 11.5 Å². The first-order chi connectivity index (χ1) is 16.7. The molecule has 2 amide bonds. The van der Waals surface area contributed by atoms with E-state index in [0.717, 1.165) is 9.21 Å². The van der Waals surface area contributed by atoms with Crippen LogP contribution in [0, 0.1) is 0 Å².